The molecule has 6 heteroatoms. The molecule has 0 bridgehead atoms. The summed E-state index contributed by atoms with van der Waals surface area (Å²) in [6.07, 6.45) is 1.66. The van der Waals surface area contributed by atoms with E-state index in [2.05, 4.69) is 21.2 Å². The Kier molecular flexibility index (Phi) is 6.62. The maximum atomic E-state index is 12.2. The fraction of sp³-hybridized carbons (Fsp3) is 0.538. The van der Waals surface area contributed by atoms with E-state index in [1.807, 2.05) is 13.8 Å². The van der Waals surface area contributed by atoms with E-state index in [-0.39, 0.29) is 24.1 Å². The number of carbonyl (C=O) groups excluding carboxylic acids is 2. The molecule has 0 spiro atoms. The first-order chi connectivity index (χ1) is 9.08. The van der Waals surface area contributed by atoms with E-state index in [0.717, 1.165) is 12.8 Å². The van der Waals surface area contributed by atoms with E-state index in [0.29, 0.717) is 17.8 Å². The number of halogens is 1. The number of carbonyl (C=O) groups is 2. The molecule has 5 nitrogen and oxygen atoms in total. The van der Waals surface area contributed by atoms with Crippen LogP contribution in [0, 0.1) is 0 Å². The highest BCUT2D eigenvalue weighted by Crippen LogP contribution is 2.15. The van der Waals surface area contributed by atoms with Crippen LogP contribution in [0.5, 0.6) is 0 Å². The quantitative estimate of drug-likeness (QED) is 0.835. The van der Waals surface area contributed by atoms with Crippen molar-refractivity contribution in [2.45, 2.75) is 26.7 Å². The average Bonchev–Trinajstić information content (AvgIpc) is 2.81. The molecule has 0 saturated carbocycles. The van der Waals surface area contributed by atoms with E-state index in [4.69, 9.17) is 4.42 Å². The average molecular weight is 331 g/mol. The zero-order valence-electron chi connectivity index (χ0n) is 11.2. The van der Waals surface area contributed by atoms with Gasteiger partial charge in [-0.1, -0.05) is 13.8 Å². The van der Waals surface area contributed by atoms with Crippen LogP contribution in [0.4, 0.5) is 0 Å². The summed E-state index contributed by atoms with van der Waals surface area (Å²) in [4.78, 5) is 25.4. The molecule has 0 aliphatic carbocycles. The first kappa shape index (κ1) is 15.8. The van der Waals surface area contributed by atoms with Crippen LogP contribution >= 0.6 is 15.9 Å². The second-order valence-corrected chi connectivity index (χ2v) is 4.96. The molecule has 0 radical (unpaired) electrons. The Morgan fingerprint density at radius 1 is 1.32 bits per heavy atom. The van der Waals surface area contributed by atoms with Crippen molar-refractivity contribution in [2.75, 3.05) is 19.6 Å². The fourth-order valence-corrected chi connectivity index (χ4v) is 1.91. The van der Waals surface area contributed by atoms with Crippen molar-refractivity contribution in [3.8, 4) is 0 Å². The SMILES string of the molecule is CCCNC(=O)CN(CCC)C(=O)c1ccc(Br)o1. The Bertz CT molecular complexity index is 431. The van der Waals surface area contributed by atoms with Gasteiger partial charge in [0.25, 0.3) is 5.91 Å². The minimum absolute atomic E-state index is 0.0605. The maximum absolute atomic E-state index is 12.2. The molecule has 0 aliphatic heterocycles. The number of furan rings is 1. The third-order valence-electron chi connectivity index (χ3n) is 2.47. The van der Waals surface area contributed by atoms with Crippen LogP contribution in [-0.4, -0.2) is 36.3 Å². The van der Waals surface area contributed by atoms with Crippen LogP contribution in [0.15, 0.2) is 21.2 Å². The van der Waals surface area contributed by atoms with Crippen LogP contribution in [0.2, 0.25) is 0 Å². The Balaban J connectivity index is 2.66. The Labute approximate surface area is 121 Å². The van der Waals surface area contributed by atoms with Gasteiger partial charge in [0.2, 0.25) is 5.91 Å². The van der Waals surface area contributed by atoms with E-state index in [9.17, 15) is 9.59 Å². The minimum Gasteiger partial charge on any atom is -0.444 e. The van der Waals surface area contributed by atoms with Crippen molar-refractivity contribution in [2.24, 2.45) is 0 Å². The van der Waals surface area contributed by atoms with Gasteiger partial charge in [0.05, 0.1) is 6.54 Å². The summed E-state index contributed by atoms with van der Waals surface area (Å²) >= 11 is 3.16. The van der Waals surface area contributed by atoms with Gasteiger partial charge in [-0.15, -0.1) is 0 Å². The summed E-state index contributed by atoms with van der Waals surface area (Å²) in [6.45, 7) is 5.15. The molecule has 1 N–H and O–H groups in total. The van der Waals surface area contributed by atoms with Crippen LogP contribution in [0.1, 0.15) is 37.2 Å². The summed E-state index contributed by atoms with van der Waals surface area (Å²) in [5.74, 6) is -0.169. The van der Waals surface area contributed by atoms with Crippen molar-refractivity contribution in [1.82, 2.24) is 10.2 Å². The molecule has 1 heterocycles. The first-order valence-electron chi connectivity index (χ1n) is 6.39. The van der Waals surface area contributed by atoms with Gasteiger partial charge in [0, 0.05) is 13.1 Å². The van der Waals surface area contributed by atoms with Crippen LogP contribution in [0.25, 0.3) is 0 Å². The second-order valence-electron chi connectivity index (χ2n) is 4.18. The molecule has 1 rings (SSSR count). The molecular formula is C13H19BrN2O3. The highest BCUT2D eigenvalue weighted by atomic mass is 79.9. The van der Waals surface area contributed by atoms with E-state index >= 15 is 0 Å². The molecule has 0 aliphatic rings. The number of nitrogens with one attached hydrogen (secondary N) is 1. The lowest BCUT2D eigenvalue weighted by molar-refractivity contribution is -0.121. The summed E-state index contributed by atoms with van der Waals surface area (Å²) in [6, 6.07) is 3.26. The highest BCUT2D eigenvalue weighted by Gasteiger charge is 2.20. The highest BCUT2D eigenvalue weighted by molar-refractivity contribution is 9.10. The van der Waals surface area contributed by atoms with Crippen LogP contribution < -0.4 is 5.32 Å². The van der Waals surface area contributed by atoms with Crippen LogP contribution in [0.3, 0.4) is 0 Å². The lowest BCUT2D eigenvalue weighted by atomic mass is 10.3. The van der Waals surface area contributed by atoms with E-state index < -0.39 is 0 Å². The minimum atomic E-state index is -0.265. The van der Waals surface area contributed by atoms with Gasteiger partial charge in [0.1, 0.15) is 0 Å². The topological polar surface area (TPSA) is 62.6 Å². The zero-order valence-corrected chi connectivity index (χ0v) is 12.8. The third-order valence-corrected chi connectivity index (χ3v) is 2.90. The number of hydrogen-bond donors (Lipinski definition) is 1. The molecular weight excluding hydrogens is 312 g/mol. The predicted molar refractivity (Wildman–Crippen MR) is 75.9 cm³/mol. The Hall–Kier alpha value is -1.30. The third kappa shape index (κ3) is 5.06. The molecule has 2 amide bonds. The summed E-state index contributed by atoms with van der Waals surface area (Å²) in [5.41, 5.74) is 0. The standard InChI is InChI=1S/C13H19BrN2O3/c1-3-7-15-12(17)9-16(8-4-2)13(18)10-5-6-11(14)19-10/h5-6H,3-4,7-9H2,1-2H3,(H,15,17). The maximum Gasteiger partial charge on any atom is 0.290 e. The number of hydrogen-bond acceptors (Lipinski definition) is 3. The lowest BCUT2D eigenvalue weighted by Gasteiger charge is -2.20. The van der Waals surface area contributed by atoms with Gasteiger partial charge in [0.15, 0.2) is 10.4 Å². The lowest BCUT2D eigenvalue weighted by Crippen LogP contribution is -2.41. The van der Waals surface area contributed by atoms with Gasteiger partial charge in [-0.25, -0.2) is 0 Å². The van der Waals surface area contributed by atoms with Gasteiger partial charge in [-0.05, 0) is 40.9 Å². The zero-order chi connectivity index (χ0) is 14.3. The number of nitrogens with zero attached hydrogens (tertiary/aromatic N) is 1. The van der Waals surface area contributed by atoms with Crippen molar-refractivity contribution in [1.29, 1.82) is 0 Å². The van der Waals surface area contributed by atoms with Crippen LogP contribution in [-0.2, 0) is 4.79 Å². The fourth-order valence-electron chi connectivity index (χ4n) is 1.60. The molecule has 1 aromatic rings. The molecule has 19 heavy (non-hydrogen) atoms. The monoisotopic (exact) mass is 330 g/mol. The van der Waals surface area contributed by atoms with Gasteiger partial charge in [-0.3, -0.25) is 9.59 Å². The summed E-state index contributed by atoms with van der Waals surface area (Å²) in [7, 11) is 0. The molecule has 0 aromatic carbocycles. The predicted octanol–water partition coefficient (Wildman–Crippen LogP) is 2.42. The Morgan fingerprint density at radius 2 is 2.05 bits per heavy atom. The molecule has 0 unspecified atom stereocenters. The normalized spacial score (nSPS) is 10.3. The van der Waals surface area contributed by atoms with Crippen molar-refractivity contribution >= 4 is 27.7 Å². The first-order valence-corrected chi connectivity index (χ1v) is 7.19. The molecule has 0 atom stereocenters. The van der Waals surface area contributed by atoms with E-state index in [1.165, 1.54) is 4.90 Å². The molecule has 0 fully saturated rings. The second kappa shape index (κ2) is 7.99. The van der Waals surface area contributed by atoms with E-state index in [1.54, 1.807) is 12.1 Å². The van der Waals surface area contributed by atoms with Crippen molar-refractivity contribution < 1.29 is 14.0 Å². The van der Waals surface area contributed by atoms with Crippen molar-refractivity contribution in [3.05, 3.63) is 22.6 Å². The molecule has 0 saturated heterocycles. The summed E-state index contributed by atoms with van der Waals surface area (Å²) < 4.78 is 5.73. The van der Waals surface area contributed by atoms with Gasteiger partial charge < -0.3 is 14.6 Å². The largest absolute Gasteiger partial charge is 0.444 e. The number of rotatable bonds is 7. The molecule has 1 aromatic heterocycles. The smallest absolute Gasteiger partial charge is 0.290 e. The molecule has 106 valence electrons. The van der Waals surface area contributed by atoms with Gasteiger partial charge in [-0.2, -0.15) is 0 Å². The van der Waals surface area contributed by atoms with Crippen molar-refractivity contribution in [3.63, 3.8) is 0 Å². The van der Waals surface area contributed by atoms with Gasteiger partial charge >= 0.3 is 0 Å². The summed E-state index contributed by atoms with van der Waals surface area (Å²) in [5, 5.41) is 2.76. The Morgan fingerprint density at radius 3 is 2.58 bits per heavy atom. The number of amides is 2.